The summed E-state index contributed by atoms with van der Waals surface area (Å²) in [6, 6.07) is 13.2. The number of ether oxygens (including phenoxy) is 4. The molecule has 1 fully saturated rings. The van der Waals surface area contributed by atoms with E-state index in [1.807, 2.05) is 83.2 Å². The Balaban J connectivity index is 1.64. The Bertz CT molecular complexity index is 1200. The van der Waals surface area contributed by atoms with Crippen LogP contribution >= 0.6 is 0 Å². The van der Waals surface area contributed by atoms with Crippen molar-refractivity contribution < 1.29 is 28.5 Å². The zero-order valence-corrected chi connectivity index (χ0v) is 27.9. The molecule has 0 spiro atoms. The summed E-state index contributed by atoms with van der Waals surface area (Å²) in [6.45, 7) is 11.8. The van der Waals surface area contributed by atoms with Crippen LogP contribution in [-0.2, 0) is 18.9 Å². The second-order valence-electron chi connectivity index (χ2n) is 13.4. The molecular weight excluding hydrogens is 554 g/mol. The van der Waals surface area contributed by atoms with Gasteiger partial charge < -0.3 is 24.3 Å². The highest BCUT2D eigenvalue weighted by Crippen LogP contribution is 2.27. The summed E-state index contributed by atoms with van der Waals surface area (Å²) in [5.74, 6) is -1.14. The van der Waals surface area contributed by atoms with Crippen molar-refractivity contribution in [3.05, 3.63) is 60.2 Å². The summed E-state index contributed by atoms with van der Waals surface area (Å²) in [6.07, 6.45) is 15.1. The first-order valence-electron chi connectivity index (χ1n) is 16.6. The number of hydrogen-bond donors (Lipinski definition) is 1. The number of carbonyl (C=O) groups is 2. The number of rotatable bonds is 16. The third-order valence-corrected chi connectivity index (χ3v) is 7.75. The van der Waals surface area contributed by atoms with Crippen molar-refractivity contribution in [3.63, 3.8) is 0 Å². The van der Waals surface area contributed by atoms with Crippen LogP contribution in [0.15, 0.2) is 54.6 Å². The average Bonchev–Trinajstić information content (AvgIpc) is 2.96. The van der Waals surface area contributed by atoms with Crippen LogP contribution in [0.4, 0.5) is 4.79 Å². The summed E-state index contributed by atoms with van der Waals surface area (Å²) in [7, 11) is 0. The zero-order chi connectivity index (χ0) is 32.0. The van der Waals surface area contributed by atoms with Gasteiger partial charge in [0, 0.05) is 0 Å². The topological polar surface area (TPSA) is 83.1 Å². The standard InChI is InChI=1S/C37H55NO6/c1-7-8-9-10-11-12-13-14-15-16-21-31(42-34(39)30-23-22-28-19-17-18-20-29(28)26-30)24-25-33-32(27-41-37(5,6)43-33)38-35(40)44-36(2,3)4/h16-23,26,31-33H,7-15,24-25,27H2,1-6H3,(H,38,40)/b21-16-/t31-,32+,33+/m0/s1. The van der Waals surface area contributed by atoms with E-state index < -0.39 is 29.6 Å². The molecule has 1 amide bonds. The van der Waals surface area contributed by atoms with Crippen LogP contribution in [0.3, 0.4) is 0 Å². The fraction of sp³-hybridized carbons (Fsp3) is 0.622. The van der Waals surface area contributed by atoms with Crippen LogP contribution in [0.1, 0.15) is 123 Å². The number of amides is 1. The van der Waals surface area contributed by atoms with E-state index in [0.717, 1.165) is 23.6 Å². The molecule has 0 aromatic heterocycles. The van der Waals surface area contributed by atoms with Crippen molar-refractivity contribution in [2.75, 3.05) is 6.61 Å². The number of unbranched alkanes of at least 4 members (excludes halogenated alkanes) is 8. The number of nitrogens with one attached hydrogen (secondary N) is 1. The monoisotopic (exact) mass is 609 g/mol. The van der Waals surface area contributed by atoms with E-state index in [1.54, 1.807) is 0 Å². The van der Waals surface area contributed by atoms with E-state index in [4.69, 9.17) is 18.9 Å². The molecule has 0 radical (unpaired) electrons. The second kappa shape index (κ2) is 17.6. The van der Waals surface area contributed by atoms with Crippen molar-refractivity contribution in [1.29, 1.82) is 0 Å². The minimum atomic E-state index is -0.791. The molecule has 3 rings (SSSR count). The highest BCUT2D eigenvalue weighted by Gasteiger charge is 2.38. The van der Waals surface area contributed by atoms with E-state index in [-0.39, 0.29) is 12.1 Å². The first-order chi connectivity index (χ1) is 21.0. The molecule has 3 atom stereocenters. The number of esters is 1. The molecule has 0 bridgehead atoms. The third kappa shape index (κ3) is 13.0. The van der Waals surface area contributed by atoms with Gasteiger partial charge in [0.2, 0.25) is 0 Å². The van der Waals surface area contributed by atoms with Gasteiger partial charge in [0.25, 0.3) is 0 Å². The number of hydrogen-bond acceptors (Lipinski definition) is 6. The number of carbonyl (C=O) groups excluding carboxylic acids is 2. The third-order valence-electron chi connectivity index (χ3n) is 7.75. The van der Waals surface area contributed by atoms with Gasteiger partial charge in [-0.1, -0.05) is 88.3 Å². The van der Waals surface area contributed by atoms with Gasteiger partial charge >= 0.3 is 12.1 Å². The number of alkyl carbamates (subject to hydrolysis) is 1. The lowest BCUT2D eigenvalue weighted by Crippen LogP contribution is -2.56. The maximum atomic E-state index is 13.3. The van der Waals surface area contributed by atoms with Gasteiger partial charge in [-0.05, 0) is 89.3 Å². The Morgan fingerprint density at radius 3 is 2.39 bits per heavy atom. The molecule has 244 valence electrons. The lowest BCUT2D eigenvalue weighted by atomic mass is 10.0. The zero-order valence-electron chi connectivity index (χ0n) is 27.9. The molecule has 44 heavy (non-hydrogen) atoms. The highest BCUT2D eigenvalue weighted by molar-refractivity contribution is 5.95. The van der Waals surface area contributed by atoms with Gasteiger partial charge in [-0.2, -0.15) is 0 Å². The minimum Gasteiger partial charge on any atom is -0.455 e. The van der Waals surface area contributed by atoms with Crippen molar-refractivity contribution in [2.45, 2.75) is 142 Å². The first-order valence-corrected chi connectivity index (χ1v) is 16.6. The maximum absolute atomic E-state index is 13.3. The van der Waals surface area contributed by atoms with Crippen molar-refractivity contribution in [1.82, 2.24) is 5.32 Å². The largest absolute Gasteiger partial charge is 0.455 e. The van der Waals surface area contributed by atoms with Crippen LogP contribution in [-0.4, -0.2) is 48.3 Å². The van der Waals surface area contributed by atoms with Crippen molar-refractivity contribution in [2.24, 2.45) is 0 Å². The lowest BCUT2D eigenvalue weighted by Gasteiger charge is -2.41. The average molecular weight is 610 g/mol. The maximum Gasteiger partial charge on any atom is 0.408 e. The second-order valence-corrected chi connectivity index (χ2v) is 13.4. The van der Waals surface area contributed by atoms with Crippen LogP contribution in [0.25, 0.3) is 10.8 Å². The van der Waals surface area contributed by atoms with Gasteiger partial charge in [-0.15, -0.1) is 0 Å². The molecule has 1 N–H and O–H groups in total. The Morgan fingerprint density at radius 1 is 1.00 bits per heavy atom. The van der Waals surface area contributed by atoms with Crippen LogP contribution < -0.4 is 5.32 Å². The Kier molecular flexibility index (Phi) is 14.2. The summed E-state index contributed by atoms with van der Waals surface area (Å²) in [5, 5.41) is 5.00. The highest BCUT2D eigenvalue weighted by atomic mass is 16.7. The van der Waals surface area contributed by atoms with Gasteiger partial charge in [0.15, 0.2) is 5.79 Å². The SMILES string of the molecule is CCCCCCCCCC/C=C\[C@@H](CC[C@H]1OC(C)(C)OC[C@H]1NC(=O)OC(C)(C)C)OC(=O)c1ccc2ccccc2c1. The molecule has 0 unspecified atom stereocenters. The normalized spacial score (nSPS) is 19.1. The number of fused-ring (bicyclic) bond motifs is 1. The Hall–Kier alpha value is -2.90. The molecule has 0 aliphatic carbocycles. The predicted octanol–water partition coefficient (Wildman–Crippen LogP) is 9.28. The molecular formula is C37H55NO6. The van der Waals surface area contributed by atoms with E-state index >= 15 is 0 Å². The van der Waals surface area contributed by atoms with Crippen molar-refractivity contribution in [3.8, 4) is 0 Å². The number of allylic oxidation sites excluding steroid dienone is 1. The van der Waals surface area contributed by atoms with Gasteiger partial charge in [0.05, 0.1) is 24.3 Å². The van der Waals surface area contributed by atoms with Crippen LogP contribution in [0.5, 0.6) is 0 Å². The first kappa shape index (κ1) is 35.6. The van der Waals surface area contributed by atoms with E-state index in [1.165, 1.54) is 44.9 Å². The molecule has 1 saturated heterocycles. The fourth-order valence-corrected chi connectivity index (χ4v) is 5.42. The van der Waals surface area contributed by atoms with Gasteiger partial charge in [0.1, 0.15) is 11.7 Å². The quantitative estimate of drug-likeness (QED) is 0.116. The fourth-order valence-electron chi connectivity index (χ4n) is 5.42. The predicted molar refractivity (Wildman–Crippen MR) is 177 cm³/mol. The minimum absolute atomic E-state index is 0.298. The van der Waals surface area contributed by atoms with Crippen LogP contribution in [0, 0.1) is 0 Å². The summed E-state index contributed by atoms with van der Waals surface area (Å²) >= 11 is 0. The Morgan fingerprint density at radius 2 is 1.68 bits per heavy atom. The molecule has 7 nitrogen and oxygen atoms in total. The number of benzene rings is 2. The van der Waals surface area contributed by atoms with E-state index in [9.17, 15) is 9.59 Å². The molecule has 1 aliphatic rings. The molecule has 2 aromatic carbocycles. The summed E-state index contributed by atoms with van der Waals surface area (Å²) in [5.41, 5.74) is -0.0879. The van der Waals surface area contributed by atoms with Gasteiger partial charge in [-0.25, -0.2) is 9.59 Å². The molecule has 2 aromatic rings. The lowest BCUT2D eigenvalue weighted by molar-refractivity contribution is -0.283. The van der Waals surface area contributed by atoms with E-state index in [0.29, 0.717) is 25.0 Å². The van der Waals surface area contributed by atoms with Crippen molar-refractivity contribution >= 4 is 22.8 Å². The Labute approximate surface area is 265 Å². The molecule has 7 heteroatoms. The molecule has 1 aliphatic heterocycles. The van der Waals surface area contributed by atoms with Gasteiger partial charge in [-0.3, -0.25) is 0 Å². The molecule has 1 heterocycles. The molecule has 0 saturated carbocycles. The smallest absolute Gasteiger partial charge is 0.408 e. The summed E-state index contributed by atoms with van der Waals surface area (Å²) in [4.78, 5) is 25.9. The summed E-state index contributed by atoms with van der Waals surface area (Å²) < 4.78 is 23.6. The van der Waals surface area contributed by atoms with Crippen LogP contribution in [0.2, 0.25) is 0 Å². The van der Waals surface area contributed by atoms with E-state index in [2.05, 4.69) is 18.3 Å².